The summed E-state index contributed by atoms with van der Waals surface area (Å²) in [6.45, 7) is 2.32. The van der Waals surface area contributed by atoms with Gasteiger partial charge in [0.25, 0.3) is 0 Å². The van der Waals surface area contributed by atoms with E-state index in [1.165, 1.54) is 6.08 Å². The third-order valence-electron chi connectivity index (χ3n) is 0.665. The van der Waals surface area contributed by atoms with Crippen LogP contribution < -0.4 is 0 Å². The summed E-state index contributed by atoms with van der Waals surface area (Å²) < 4.78 is 0. The molecule has 0 aromatic rings. The average molecular weight is 142 g/mol. The van der Waals surface area contributed by atoms with Gasteiger partial charge in [0.1, 0.15) is 0 Å². The minimum Gasteiger partial charge on any atom is -0.292 e. The number of hydrogen-bond donors (Lipinski definition) is 0. The number of terminal acetylenes is 1. The maximum absolute atomic E-state index is 5.56. The molecule has 0 bridgehead atoms. The summed E-state index contributed by atoms with van der Waals surface area (Å²) in [5, 5.41) is 0.593. The van der Waals surface area contributed by atoms with E-state index in [9.17, 15) is 0 Å². The zero-order chi connectivity index (χ0) is 7.11. The summed E-state index contributed by atoms with van der Waals surface area (Å²) in [6.07, 6.45) is 8.12. The van der Waals surface area contributed by atoms with Crippen molar-refractivity contribution in [1.82, 2.24) is 0 Å². The molecular formula is C7H8ClN. The fraction of sp³-hybridized carbons (Fsp3) is 0.286. The Hall–Kier alpha value is -0.740. The van der Waals surface area contributed by atoms with Crippen molar-refractivity contribution in [3.63, 3.8) is 0 Å². The first-order valence-electron chi connectivity index (χ1n) is 2.56. The van der Waals surface area contributed by atoms with Crippen LogP contribution >= 0.6 is 11.6 Å². The van der Waals surface area contributed by atoms with Crippen LogP contribution in [0.3, 0.4) is 0 Å². The standard InChI is InChI=1S/C7H8ClN/c1-3-5-7(8)6-9-4-2/h1,4-5H,6H2,2H3/b7-5+,9-4-. The van der Waals surface area contributed by atoms with Gasteiger partial charge in [-0.25, -0.2) is 0 Å². The highest BCUT2D eigenvalue weighted by Gasteiger charge is 1.83. The van der Waals surface area contributed by atoms with Crippen molar-refractivity contribution in [1.29, 1.82) is 0 Å². The van der Waals surface area contributed by atoms with Gasteiger partial charge in [0, 0.05) is 11.1 Å². The first kappa shape index (κ1) is 8.26. The number of aliphatic imine (C=N–C) groups is 1. The van der Waals surface area contributed by atoms with E-state index in [2.05, 4.69) is 10.9 Å². The summed E-state index contributed by atoms with van der Waals surface area (Å²) in [7, 11) is 0. The third kappa shape index (κ3) is 5.13. The molecule has 0 saturated heterocycles. The SMILES string of the molecule is C#C/C=C(/Cl)C/N=C\C. The van der Waals surface area contributed by atoms with Gasteiger partial charge in [-0.2, -0.15) is 0 Å². The molecule has 9 heavy (non-hydrogen) atoms. The van der Waals surface area contributed by atoms with E-state index in [4.69, 9.17) is 18.0 Å². The average Bonchev–Trinajstić information content (AvgIpc) is 1.85. The number of nitrogens with zero attached hydrogens (tertiary/aromatic N) is 1. The molecule has 1 nitrogen and oxygen atoms in total. The van der Waals surface area contributed by atoms with Crippen LogP contribution in [0.25, 0.3) is 0 Å². The van der Waals surface area contributed by atoms with Crippen molar-refractivity contribution >= 4 is 17.8 Å². The van der Waals surface area contributed by atoms with Crippen LogP contribution in [0.15, 0.2) is 16.1 Å². The van der Waals surface area contributed by atoms with E-state index in [0.717, 1.165) is 0 Å². The zero-order valence-corrected chi connectivity index (χ0v) is 6.02. The molecule has 0 aliphatic heterocycles. The maximum Gasteiger partial charge on any atom is 0.0748 e. The van der Waals surface area contributed by atoms with Gasteiger partial charge in [0.05, 0.1) is 6.54 Å². The molecule has 0 aliphatic carbocycles. The molecular weight excluding hydrogens is 134 g/mol. The predicted octanol–water partition coefficient (Wildman–Crippen LogP) is 1.83. The molecule has 0 aromatic carbocycles. The second-order valence-electron chi connectivity index (χ2n) is 1.36. The molecule has 0 spiro atoms. The molecule has 0 N–H and O–H groups in total. The normalized spacial score (nSPS) is 11.9. The Balaban J connectivity index is 3.66. The number of hydrogen-bond acceptors (Lipinski definition) is 1. The fourth-order valence-electron chi connectivity index (χ4n) is 0.315. The van der Waals surface area contributed by atoms with Gasteiger partial charge >= 0.3 is 0 Å². The van der Waals surface area contributed by atoms with Crippen molar-refractivity contribution in [2.24, 2.45) is 4.99 Å². The highest BCUT2D eigenvalue weighted by atomic mass is 35.5. The summed E-state index contributed by atoms with van der Waals surface area (Å²) in [6, 6.07) is 0. The van der Waals surface area contributed by atoms with Gasteiger partial charge in [0.15, 0.2) is 0 Å². The van der Waals surface area contributed by atoms with E-state index in [1.54, 1.807) is 6.21 Å². The van der Waals surface area contributed by atoms with Gasteiger partial charge in [-0.1, -0.05) is 17.5 Å². The van der Waals surface area contributed by atoms with Crippen molar-refractivity contribution in [2.45, 2.75) is 6.92 Å². The second-order valence-corrected chi connectivity index (χ2v) is 1.84. The van der Waals surface area contributed by atoms with Gasteiger partial charge in [-0.3, -0.25) is 4.99 Å². The molecule has 0 atom stereocenters. The van der Waals surface area contributed by atoms with E-state index in [1.807, 2.05) is 6.92 Å². The van der Waals surface area contributed by atoms with Gasteiger partial charge in [-0.15, -0.1) is 6.42 Å². The molecule has 0 rings (SSSR count). The summed E-state index contributed by atoms with van der Waals surface area (Å²) >= 11 is 5.56. The Morgan fingerprint density at radius 1 is 1.89 bits per heavy atom. The van der Waals surface area contributed by atoms with Crippen LogP contribution in [0.4, 0.5) is 0 Å². The first-order chi connectivity index (χ1) is 4.31. The monoisotopic (exact) mass is 141 g/mol. The molecule has 0 saturated carbocycles. The van der Waals surface area contributed by atoms with E-state index in [-0.39, 0.29) is 0 Å². The third-order valence-corrected chi connectivity index (χ3v) is 0.893. The number of halogens is 1. The van der Waals surface area contributed by atoms with E-state index >= 15 is 0 Å². The highest BCUT2D eigenvalue weighted by molar-refractivity contribution is 6.30. The lowest BCUT2D eigenvalue weighted by Crippen LogP contribution is -1.77. The molecule has 0 radical (unpaired) electrons. The van der Waals surface area contributed by atoms with Crippen LogP contribution in [0, 0.1) is 12.3 Å². The van der Waals surface area contributed by atoms with Gasteiger partial charge in [0.2, 0.25) is 0 Å². The van der Waals surface area contributed by atoms with Gasteiger partial charge in [-0.05, 0) is 13.1 Å². The molecule has 0 fully saturated rings. The summed E-state index contributed by atoms with van der Waals surface area (Å²) in [5.41, 5.74) is 0. The summed E-state index contributed by atoms with van der Waals surface area (Å²) in [5.74, 6) is 2.31. The molecule has 48 valence electrons. The largest absolute Gasteiger partial charge is 0.292 e. The fourth-order valence-corrected chi connectivity index (χ4v) is 0.447. The highest BCUT2D eigenvalue weighted by Crippen LogP contribution is 1.98. The number of allylic oxidation sites excluding steroid dienone is 1. The Labute approximate surface area is 60.4 Å². The lowest BCUT2D eigenvalue weighted by molar-refractivity contribution is 1.23. The maximum atomic E-state index is 5.56. The molecule has 0 unspecified atom stereocenters. The lowest BCUT2D eigenvalue weighted by atomic mass is 10.5. The Morgan fingerprint density at radius 2 is 2.56 bits per heavy atom. The van der Waals surface area contributed by atoms with Crippen molar-refractivity contribution < 1.29 is 0 Å². The second kappa shape index (κ2) is 5.40. The van der Waals surface area contributed by atoms with Gasteiger partial charge < -0.3 is 0 Å². The molecule has 0 aliphatic rings. The van der Waals surface area contributed by atoms with E-state index < -0.39 is 0 Å². The van der Waals surface area contributed by atoms with Crippen LogP contribution in [0.5, 0.6) is 0 Å². The smallest absolute Gasteiger partial charge is 0.0748 e. The molecule has 0 heterocycles. The van der Waals surface area contributed by atoms with Crippen LogP contribution in [0.2, 0.25) is 0 Å². The molecule has 2 heteroatoms. The molecule has 0 aromatic heterocycles. The first-order valence-corrected chi connectivity index (χ1v) is 2.94. The molecule has 0 amide bonds. The van der Waals surface area contributed by atoms with Crippen LogP contribution in [0.1, 0.15) is 6.92 Å². The predicted molar refractivity (Wildman–Crippen MR) is 41.8 cm³/mol. The van der Waals surface area contributed by atoms with Crippen molar-refractivity contribution in [3.05, 3.63) is 11.1 Å². The minimum absolute atomic E-state index is 0.488. The zero-order valence-electron chi connectivity index (χ0n) is 5.26. The lowest BCUT2D eigenvalue weighted by Gasteiger charge is -1.85. The van der Waals surface area contributed by atoms with Crippen LogP contribution in [-0.4, -0.2) is 12.8 Å². The van der Waals surface area contributed by atoms with E-state index in [0.29, 0.717) is 11.6 Å². The minimum atomic E-state index is 0.488. The van der Waals surface area contributed by atoms with Crippen LogP contribution in [-0.2, 0) is 0 Å². The Bertz CT molecular complexity index is 162. The summed E-state index contributed by atoms with van der Waals surface area (Å²) in [4.78, 5) is 3.87. The number of rotatable bonds is 2. The quantitative estimate of drug-likeness (QED) is 0.411. The van der Waals surface area contributed by atoms with Crippen molar-refractivity contribution in [3.8, 4) is 12.3 Å². The van der Waals surface area contributed by atoms with Crippen molar-refractivity contribution in [2.75, 3.05) is 6.54 Å². The Morgan fingerprint density at radius 3 is 3.00 bits per heavy atom. The Kier molecular flexibility index (Phi) is 4.95. The topological polar surface area (TPSA) is 12.4 Å².